The number of nitrogens with one attached hydrogen (secondary N) is 1. The van der Waals surface area contributed by atoms with E-state index >= 15 is 0 Å². The summed E-state index contributed by atoms with van der Waals surface area (Å²) in [5.74, 6) is 1.75. The van der Waals surface area contributed by atoms with Gasteiger partial charge in [0.25, 0.3) is 0 Å². The van der Waals surface area contributed by atoms with E-state index in [4.69, 9.17) is 9.47 Å². The number of aryl methyl sites for hydroxylation is 1. The number of hydrogen-bond donors (Lipinski definition) is 1. The molecule has 3 aromatic carbocycles. The van der Waals surface area contributed by atoms with Crippen molar-refractivity contribution < 1.29 is 14.0 Å². The van der Waals surface area contributed by atoms with Crippen LogP contribution in [0.2, 0.25) is 0 Å². The first-order chi connectivity index (χ1) is 20.2. The van der Waals surface area contributed by atoms with Crippen LogP contribution >= 0.6 is 0 Å². The zero-order chi connectivity index (χ0) is 28.4. The number of pyridine rings is 1. The van der Waals surface area contributed by atoms with Gasteiger partial charge in [-0.15, -0.1) is 13.2 Å². The van der Waals surface area contributed by atoms with Crippen molar-refractivity contribution in [2.45, 2.75) is 25.8 Å². The molecule has 0 aliphatic rings. The summed E-state index contributed by atoms with van der Waals surface area (Å²) in [5, 5.41) is 1.23. The van der Waals surface area contributed by atoms with Gasteiger partial charge in [0.05, 0.1) is 13.7 Å². The second-order valence-corrected chi connectivity index (χ2v) is 10.0. The van der Waals surface area contributed by atoms with Crippen LogP contribution in [0.15, 0.2) is 117 Å². The number of allylic oxidation sites excluding steroid dienone is 2. The molecule has 4 nitrogen and oxygen atoms in total. The Hall–Kier alpha value is -4.83. The Morgan fingerprint density at radius 2 is 1.66 bits per heavy atom. The van der Waals surface area contributed by atoms with Crippen LogP contribution in [-0.4, -0.2) is 18.7 Å². The number of H-pyrrole nitrogens is 1. The lowest BCUT2D eigenvalue weighted by Crippen LogP contribution is -2.33. The first-order valence-electron chi connectivity index (χ1n) is 14.1. The Morgan fingerprint density at radius 3 is 2.46 bits per heavy atom. The fourth-order valence-corrected chi connectivity index (χ4v) is 5.05. The molecular formula is C37H37N2O2+. The maximum atomic E-state index is 6.24. The van der Waals surface area contributed by atoms with Crippen molar-refractivity contribution in [2.24, 2.45) is 0 Å². The summed E-state index contributed by atoms with van der Waals surface area (Å²) in [6.07, 6.45) is 16.9. The third kappa shape index (κ3) is 6.85. The van der Waals surface area contributed by atoms with Gasteiger partial charge in [0.1, 0.15) is 11.5 Å². The summed E-state index contributed by atoms with van der Waals surface area (Å²) in [5.41, 5.74) is 8.01. The minimum Gasteiger partial charge on any atom is -0.496 e. The van der Waals surface area contributed by atoms with Gasteiger partial charge in [-0.1, -0.05) is 54.6 Å². The number of fused-ring (bicyclic) bond motifs is 1. The minimum atomic E-state index is 0.636. The molecule has 0 fully saturated rings. The van der Waals surface area contributed by atoms with E-state index in [0.717, 1.165) is 59.5 Å². The molecule has 0 radical (unpaired) electrons. The van der Waals surface area contributed by atoms with E-state index in [-0.39, 0.29) is 0 Å². The Morgan fingerprint density at radius 1 is 0.854 bits per heavy atom. The highest BCUT2D eigenvalue weighted by molar-refractivity contribution is 5.91. The highest BCUT2D eigenvalue weighted by Crippen LogP contribution is 2.34. The van der Waals surface area contributed by atoms with Gasteiger partial charge in [-0.2, -0.15) is 0 Å². The van der Waals surface area contributed by atoms with Gasteiger partial charge in [-0.25, -0.2) is 4.57 Å². The molecular weight excluding hydrogens is 504 g/mol. The quantitative estimate of drug-likeness (QED) is 0.0926. The maximum absolute atomic E-state index is 6.24. The average molecular weight is 542 g/mol. The molecule has 5 aromatic rings. The summed E-state index contributed by atoms with van der Waals surface area (Å²) in [6.45, 7) is 9.34. The van der Waals surface area contributed by atoms with Crippen LogP contribution in [0.25, 0.3) is 34.2 Å². The SMILES string of the molecule is C=CCc1ccc(OC)c(-c2ccc(OCCC[n+]3ccc(/C=C/c4c[nH]c5ccccc45)cc3)c(CC=C)c2)c1. The summed E-state index contributed by atoms with van der Waals surface area (Å²) in [7, 11) is 1.71. The highest BCUT2D eigenvalue weighted by atomic mass is 16.5. The summed E-state index contributed by atoms with van der Waals surface area (Å²) in [6, 6.07) is 25.3. The molecule has 0 saturated carbocycles. The van der Waals surface area contributed by atoms with Crippen molar-refractivity contribution in [3.05, 3.63) is 139 Å². The number of ether oxygens (including phenoxy) is 2. The van der Waals surface area contributed by atoms with E-state index < -0.39 is 0 Å². The van der Waals surface area contributed by atoms with E-state index in [1.807, 2.05) is 24.3 Å². The fraction of sp³-hybridized carbons (Fsp3) is 0.162. The topological polar surface area (TPSA) is 38.1 Å². The lowest BCUT2D eigenvalue weighted by molar-refractivity contribution is -0.697. The van der Waals surface area contributed by atoms with Crippen molar-refractivity contribution in [1.82, 2.24) is 4.98 Å². The fourth-order valence-electron chi connectivity index (χ4n) is 5.05. The van der Waals surface area contributed by atoms with Crippen LogP contribution in [0.1, 0.15) is 28.7 Å². The van der Waals surface area contributed by atoms with E-state index in [2.05, 4.69) is 114 Å². The third-order valence-electron chi connectivity index (χ3n) is 7.19. The molecule has 4 heteroatoms. The summed E-state index contributed by atoms with van der Waals surface area (Å²) in [4.78, 5) is 3.33. The third-order valence-corrected chi connectivity index (χ3v) is 7.19. The predicted molar refractivity (Wildman–Crippen MR) is 170 cm³/mol. The van der Waals surface area contributed by atoms with Gasteiger partial charge in [-0.05, 0) is 71.0 Å². The molecule has 0 aliphatic heterocycles. The van der Waals surface area contributed by atoms with Crippen molar-refractivity contribution in [3.8, 4) is 22.6 Å². The molecule has 0 saturated heterocycles. The number of aromatic nitrogens is 2. The van der Waals surface area contributed by atoms with E-state index in [9.17, 15) is 0 Å². The normalized spacial score (nSPS) is 11.1. The van der Waals surface area contributed by atoms with Gasteiger partial charge in [0.15, 0.2) is 18.9 Å². The number of nitrogens with zero attached hydrogens (tertiary/aromatic N) is 1. The highest BCUT2D eigenvalue weighted by Gasteiger charge is 2.11. The molecule has 2 aromatic heterocycles. The zero-order valence-electron chi connectivity index (χ0n) is 23.7. The number of rotatable bonds is 13. The molecule has 0 unspecified atom stereocenters. The number of para-hydroxylation sites is 1. The summed E-state index contributed by atoms with van der Waals surface area (Å²) >= 11 is 0. The van der Waals surface area contributed by atoms with E-state index in [1.54, 1.807) is 7.11 Å². The largest absolute Gasteiger partial charge is 0.496 e. The molecule has 206 valence electrons. The molecule has 0 bridgehead atoms. The molecule has 41 heavy (non-hydrogen) atoms. The molecule has 0 aliphatic carbocycles. The molecule has 1 N–H and O–H groups in total. The second kappa shape index (κ2) is 13.5. The Labute approximate surface area is 242 Å². The van der Waals surface area contributed by atoms with E-state index in [0.29, 0.717) is 6.61 Å². The molecule has 2 heterocycles. The standard InChI is InChI=1S/C37H36N2O2/c1-4-9-29-14-17-37(40-3)34(25-29)30-16-18-36(31(26-30)10-5-2)41-24-8-21-39-22-19-28(20-23-39)13-15-32-27-38-35-12-7-6-11-33(32)35/h4-7,11-20,22-23,25-27H,1-2,8-10,21,24H2,3H3/p+1. The first kappa shape index (κ1) is 27.7. The van der Waals surface area contributed by atoms with Gasteiger partial charge in [0, 0.05) is 41.2 Å². The number of benzene rings is 3. The van der Waals surface area contributed by atoms with Crippen LogP contribution in [0.4, 0.5) is 0 Å². The van der Waals surface area contributed by atoms with Crippen LogP contribution in [-0.2, 0) is 19.4 Å². The monoisotopic (exact) mass is 541 g/mol. The summed E-state index contributed by atoms with van der Waals surface area (Å²) < 4.78 is 14.1. The minimum absolute atomic E-state index is 0.636. The second-order valence-electron chi connectivity index (χ2n) is 10.0. The Balaban J connectivity index is 1.19. The molecule has 5 rings (SSSR count). The Kier molecular flexibility index (Phi) is 9.12. The lowest BCUT2D eigenvalue weighted by atomic mass is 9.97. The first-order valence-corrected chi connectivity index (χ1v) is 14.1. The van der Waals surface area contributed by atoms with Crippen LogP contribution < -0.4 is 14.0 Å². The van der Waals surface area contributed by atoms with Crippen molar-refractivity contribution in [2.75, 3.05) is 13.7 Å². The number of hydrogen-bond acceptors (Lipinski definition) is 2. The molecule has 0 spiro atoms. The van der Waals surface area contributed by atoms with Crippen molar-refractivity contribution in [3.63, 3.8) is 0 Å². The van der Waals surface area contributed by atoms with Gasteiger partial charge in [-0.3, -0.25) is 0 Å². The predicted octanol–water partition coefficient (Wildman–Crippen LogP) is 8.23. The smallest absolute Gasteiger partial charge is 0.169 e. The zero-order valence-corrected chi connectivity index (χ0v) is 23.7. The van der Waals surface area contributed by atoms with Crippen molar-refractivity contribution >= 4 is 23.1 Å². The van der Waals surface area contributed by atoms with Gasteiger partial charge in [0.2, 0.25) is 0 Å². The molecule has 0 amide bonds. The van der Waals surface area contributed by atoms with Gasteiger partial charge >= 0.3 is 0 Å². The van der Waals surface area contributed by atoms with Gasteiger partial charge < -0.3 is 14.5 Å². The Bertz CT molecular complexity index is 1660. The number of methoxy groups -OCH3 is 1. The average Bonchev–Trinajstić information content (AvgIpc) is 3.43. The van der Waals surface area contributed by atoms with E-state index in [1.165, 1.54) is 22.1 Å². The lowest BCUT2D eigenvalue weighted by Gasteiger charge is -2.15. The van der Waals surface area contributed by atoms with Crippen molar-refractivity contribution in [1.29, 1.82) is 0 Å². The van der Waals surface area contributed by atoms with Crippen LogP contribution in [0.5, 0.6) is 11.5 Å². The molecule has 0 atom stereocenters. The van der Waals surface area contributed by atoms with Crippen LogP contribution in [0, 0.1) is 0 Å². The maximum Gasteiger partial charge on any atom is 0.169 e. The number of aromatic amines is 1. The van der Waals surface area contributed by atoms with Crippen LogP contribution in [0.3, 0.4) is 0 Å².